The molecule has 0 aromatic carbocycles. The van der Waals surface area contributed by atoms with E-state index in [0.717, 1.165) is 23.3 Å². The molecule has 0 saturated heterocycles. The van der Waals surface area contributed by atoms with Crippen molar-refractivity contribution in [1.82, 2.24) is 9.97 Å². The van der Waals surface area contributed by atoms with E-state index in [1.807, 2.05) is 0 Å². The van der Waals surface area contributed by atoms with Gasteiger partial charge in [0.1, 0.15) is 5.82 Å². The van der Waals surface area contributed by atoms with E-state index < -0.39 is 0 Å². The van der Waals surface area contributed by atoms with Crippen LogP contribution in [0.15, 0.2) is 28.2 Å². The van der Waals surface area contributed by atoms with Crippen molar-refractivity contribution in [1.29, 1.82) is 0 Å². The van der Waals surface area contributed by atoms with Gasteiger partial charge in [-0.3, -0.25) is 0 Å². The Balaban J connectivity index is 1.92. The smallest absolute Gasteiger partial charge is 0.221 e. The van der Waals surface area contributed by atoms with Crippen LogP contribution in [0.1, 0.15) is 4.88 Å². The number of hydrogen-bond acceptors (Lipinski definition) is 5. The maximum absolute atomic E-state index is 5.51. The molecule has 16 heavy (non-hydrogen) atoms. The van der Waals surface area contributed by atoms with Gasteiger partial charge in [-0.2, -0.15) is 4.98 Å². The van der Waals surface area contributed by atoms with Gasteiger partial charge in [-0.25, -0.2) is 4.98 Å². The summed E-state index contributed by atoms with van der Waals surface area (Å²) in [6.45, 7) is 0.829. The fraction of sp³-hybridized carbons (Fsp3) is 0.200. The standard InChI is InChI=1S/C10H11BrN4S/c11-8-6-14-10(12)15-9(8)13-4-3-7-2-1-5-16-7/h1-2,5-6H,3-4H2,(H3,12,13,14,15). The second-order valence-corrected chi connectivity index (χ2v) is 5.07. The third kappa shape index (κ3) is 2.93. The highest BCUT2D eigenvalue weighted by Crippen LogP contribution is 2.19. The topological polar surface area (TPSA) is 63.8 Å². The number of nitrogen functional groups attached to an aromatic ring is 1. The summed E-state index contributed by atoms with van der Waals surface area (Å²) in [5.41, 5.74) is 5.51. The lowest BCUT2D eigenvalue weighted by molar-refractivity contribution is 1.02. The van der Waals surface area contributed by atoms with Crippen LogP contribution < -0.4 is 11.1 Å². The van der Waals surface area contributed by atoms with Crippen LogP contribution in [-0.4, -0.2) is 16.5 Å². The maximum atomic E-state index is 5.51. The van der Waals surface area contributed by atoms with E-state index in [2.05, 4.69) is 48.7 Å². The molecule has 0 bridgehead atoms. The van der Waals surface area contributed by atoms with Crippen molar-refractivity contribution < 1.29 is 0 Å². The zero-order chi connectivity index (χ0) is 11.4. The Hall–Kier alpha value is -1.14. The number of nitrogens with two attached hydrogens (primary N) is 1. The lowest BCUT2D eigenvalue weighted by Gasteiger charge is -2.06. The van der Waals surface area contributed by atoms with Crippen LogP contribution in [0.4, 0.5) is 11.8 Å². The van der Waals surface area contributed by atoms with Crippen LogP contribution in [0.5, 0.6) is 0 Å². The van der Waals surface area contributed by atoms with Gasteiger partial charge in [0.25, 0.3) is 0 Å². The molecule has 3 N–H and O–H groups in total. The first-order valence-corrected chi connectivity index (χ1v) is 6.47. The Morgan fingerprint density at radius 2 is 2.38 bits per heavy atom. The molecule has 0 fully saturated rings. The molecule has 4 nitrogen and oxygen atoms in total. The van der Waals surface area contributed by atoms with Crippen molar-refractivity contribution in [3.05, 3.63) is 33.1 Å². The maximum Gasteiger partial charge on any atom is 0.221 e. The van der Waals surface area contributed by atoms with Gasteiger partial charge in [-0.15, -0.1) is 11.3 Å². The Bertz CT molecular complexity index is 458. The molecule has 0 unspecified atom stereocenters. The molecule has 2 rings (SSSR count). The molecule has 84 valence electrons. The third-order valence-corrected chi connectivity index (χ3v) is 3.52. The molecule has 2 aromatic rings. The molecule has 2 heterocycles. The molecule has 0 aliphatic rings. The SMILES string of the molecule is Nc1ncc(Br)c(NCCc2cccs2)n1. The van der Waals surface area contributed by atoms with Crippen LogP contribution >= 0.6 is 27.3 Å². The third-order valence-electron chi connectivity index (χ3n) is 2.01. The molecule has 0 amide bonds. The molecule has 0 atom stereocenters. The Kier molecular flexibility index (Phi) is 3.74. The fourth-order valence-corrected chi connectivity index (χ4v) is 2.30. The zero-order valence-electron chi connectivity index (χ0n) is 8.48. The van der Waals surface area contributed by atoms with Gasteiger partial charge in [0.2, 0.25) is 5.95 Å². The van der Waals surface area contributed by atoms with E-state index in [1.54, 1.807) is 17.5 Å². The number of nitrogens with zero attached hydrogens (tertiary/aromatic N) is 2. The highest BCUT2D eigenvalue weighted by atomic mass is 79.9. The number of aromatic nitrogens is 2. The molecule has 2 aromatic heterocycles. The second-order valence-electron chi connectivity index (χ2n) is 3.18. The first kappa shape index (κ1) is 11.3. The summed E-state index contributed by atoms with van der Waals surface area (Å²) in [7, 11) is 0. The molecular formula is C10H11BrN4S. The first-order valence-electron chi connectivity index (χ1n) is 4.80. The van der Waals surface area contributed by atoms with Gasteiger partial charge in [0.05, 0.1) is 4.47 Å². The van der Waals surface area contributed by atoms with E-state index in [9.17, 15) is 0 Å². The summed E-state index contributed by atoms with van der Waals surface area (Å²) in [6.07, 6.45) is 2.63. The molecule has 0 spiro atoms. The molecule has 6 heteroatoms. The van der Waals surface area contributed by atoms with Crippen LogP contribution in [0.25, 0.3) is 0 Å². The minimum Gasteiger partial charge on any atom is -0.369 e. The summed E-state index contributed by atoms with van der Waals surface area (Å²) in [4.78, 5) is 9.34. The number of thiophene rings is 1. The fourth-order valence-electron chi connectivity index (χ4n) is 1.26. The predicted molar refractivity (Wildman–Crippen MR) is 70.7 cm³/mol. The summed E-state index contributed by atoms with van der Waals surface area (Å²) >= 11 is 5.13. The Morgan fingerprint density at radius 3 is 3.12 bits per heavy atom. The number of hydrogen-bond donors (Lipinski definition) is 2. The van der Waals surface area contributed by atoms with Gasteiger partial charge < -0.3 is 11.1 Å². The highest BCUT2D eigenvalue weighted by molar-refractivity contribution is 9.10. The van der Waals surface area contributed by atoms with Crippen LogP contribution in [0, 0.1) is 0 Å². The van der Waals surface area contributed by atoms with E-state index >= 15 is 0 Å². The molecule has 0 radical (unpaired) electrons. The Labute approximate surface area is 106 Å². The molecular weight excluding hydrogens is 288 g/mol. The van der Waals surface area contributed by atoms with Crippen LogP contribution in [0.2, 0.25) is 0 Å². The molecule has 0 aliphatic carbocycles. The van der Waals surface area contributed by atoms with Crippen molar-refractivity contribution in [2.45, 2.75) is 6.42 Å². The number of rotatable bonds is 4. The molecule has 0 aliphatic heterocycles. The summed E-state index contributed by atoms with van der Waals surface area (Å²) in [5, 5.41) is 5.30. The lowest BCUT2D eigenvalue weighted by Crippen LogP contribution is -2.08. The van der Waals surface area contributed by atoms with Gasteiger partial charge in [-0.1, -0.05) is 6.07 Å². The second kappa shape index (κ2) is 5.27. The van der Waals surface area contributed by atoms with Gasteiger partial charge >= 0.3 is 0 Å². The predicted octanol–water partition coefficient (Wildman–Crippen LogP) is 2.54. The van der Waals surface area contributed by atoms with Crippen molar-refractivity contribution in [3.8, 4) is 0 Å². The van der Waals surface area contributed by atoms with E-state index in [1.165, 1.54) is 4.88 Å². The zero-order valence-corrected chi connectivity index (χ0v) is 10.9. The number of anilines is 2. The largest absolute Gasteiger partial charge is 0.369 e. The van der Waals surface area contributed by atoms with Gasteiger partial charge in [0.15, 0.2) is 0 Å². The van der Waals surface area contributed by atoms with Crippen molar-refractivity contribution >= 4 is 39.0 Å². The summed E-state index contributed by atoms with van der Waals surface area (Å²) in [5.74, 6) is 1.02. The normalized spacial score (nSPS) is 10.3. The van der Waals surface area contributed by atoms with E-state index in [0.29, 0.717) is 0 Å². The number of nitrogens with one attached hydrogen (secondary N) is 1. The minimum absolute atomic E-state index is 0.279. The summed E-state index contributed by atoms with van der Waals surface area (Å²) < 4.78 is 0.827. The van der Waals surface area contributed by atoms with Gasteiger partial charge in [-0.05, 0) is 33.8 Å². The Morgan fingerprint density at radius 1 is 1.50 bits per heavy atom. The van der Waals surface area contributed by atoms with E-state index in [-0.39, 0.29) is 5.95 Å². The van der Waals surface area contributed by atoms with Crippen LogP contribution in [0.3, 0.4) is 0 Å². The minimum atomic E-state index is 0.279. The van der Waals surface area contributed by atoms with Crippen molar-refractivity contribution in [2.75, 3.05) is 17.6 Å². The van der Waals surface area contributed by atoms with Gasteiger partial charge in [0, 0.05) is 17.6 Å². The number of halogens is 1. The average molecular weight is 299 g/mol. The average Bonchev–Trinajstić information content (AvgIpc) is 2.76. The van der Waals surface area contributed by atoms with Crippen molar-refractivity contribution in [3.63, 3.8) is 0 Å². The van der Waals surface area contributed by atoms with Crippen molar-refractivity contribution in [2.24, 2.45) is 0 Å². The first-order chi connectivity index (χ1) is 7.75. The lowest BCUT2D eigenvalue weighted by atomic mass is 10.3. The monoisotopic (exact) mass is 298 g/mol. The summed E-state index contributed by atoms with van der Waals surface area (Å²) in [6, 6.07) is 4.17. The quantitative estimate of drug-likeness (QED) is 0.910. The molecule has 0 saturated carbocycles. The highest BCUT2D eigenvalue weighted by Gasteiger charge is 2.02. The van der Waals surface area contributed by atoms with E-state index in [4.69, 9.17) is 5.73 Å². The van der Waals surface area contributed by atoms with Crippen LogP contribution in [-0.2, 0) is 6.42 Å².